The van der Waals surface area contributed by atoms with Gasteiger partial charge in [0.2, 0.25) is 0 Å². The topological polar surface area (TPSA) is 26.3 Å². The molecule has 20 heavy (non-hydrogen) atoms. The fourth-order valence-corrected chi connectivity index (χ4v) is 2.22. The van der Waals surface area contributed by atoms with Crippen molar-refractivity contribution in [3.05, 3.63) is 71.8 Å². The van der Waals surface area contributed by atoms with Gasteiger partial charge in [-0.2, -0.15) is 0 Å². The molecule has 0 saturated carbocycles. The van der Waals surface area contributed by atoms with Crippen LogP contribution in [0.5, 0.6) is 0 Å². The number of ether oxygens (including phenoxy) is 1. The van der Waals surface area contributed by atoms with E-state index in [4.69, 9.17) is 4.74 Å². The van der Waals surface area contributed by atoms with E-state index in [-0.39, 0.29) is 11.9 Å². The molecule has 2 heteroatoms. The summed E-state index contributed by atoms with van der Waals surface area (Å²) in [6.45, 7) is 2.45. The maximum atomic E-state index is 11.9. The van der Waals surface area contributed by atoms with E-state index in [2.05, 4.69) is 19.1 Å². The molecule has 0 N–H and O–H groups in total. The quantitative estimate of drug-likeness (QED) is 0.729. The Bertz CT molecular complexity index is 520. The molecule has 0 spiro atoms. The van der Waals surface area contributed by atoms with Gasteiger partial charge in [0.15, 0.2) is 0 Å². The van der Waals surface area contributed by atoms with E-state index in [1.165, 1.54) is 5.56 Å². The van der Waals surface area contributed by atoms with Crippen LogP contribution in [0.4, 0.5) is 0 Å². The average Bonchev–Trinajstić information content (AvgIpc) is 2.52. The Morgan fingerprint density at radius 2 is 1.60 bits per heavy atom. The summed E-state index contributed by atoms with van der Waals surface area (Å²) in [4.78, 5) is 11.9. The number of carbonyl (C=O) groups is 1. The van der Waals surface area contributed by atoms with Crippen molar-refractivity contribution in [1.82, 2.24) is 0 Å². The number of esters is 1. The van der Waals surface area contributed by atoms with Crippen LogP contribution in [0.3, 0.4) is 0 Å². The lowest BCUT2D eigenvalue weighted by atomic mass is 9.93. The van der Waals surface area contributed by atoms with E-state index >= 15 is 0 Å². The normalized spacial score (nSPS) is 11.8. The van der Waals surface area contributed by atoms with Gasteiger partial charge in [-0.3, -0.25) is 4.79 Å². The maximum Gasteiger partial charge on any atom is 0.306 e. The van der Waals surface area contributed by atoms with Gasteiger partial charge in [0.25, 0.3) is 0 Å². The molecule has 0 aliphatic heterocycles. The zero-order valence-electron chi connectivity index (χ0n) is 11.8. The molecule has 2 aromatic rings. The molecular weight excluding hydrogens is 248 g/mol. The first-order valence-corrected chi connectivity index (χ1v) is 7.04. The smallest absolute Gasteiger partial charge is 0.306 e. The van der Waals surface area contributed by atoms with Crippen LogP contribution in [0, 0.1) is 0 Å². The molecule has 0 unspecified atom stereocenters. The highest BCUT2D eigenvalue weighted by Gasteiger charge is 2.15. The van der Waals surface area contributed by atoms with Crippen LogP contribution in [-0.4, -0.2) is 5.97 Å². The van der Waals surface area contributed by atoms with Crippen molar-refractivity contribution < 1.29 is 9.53 Å². The Morgan fingerprint density at radius 1 is 1.00 bits per heavy atom. The van der Waals surface area contributed by atoms with Crippen molar-refractivity contribution in [2.75, 3.05) is 0 Å². The van der Waals surface area contributed by atoms with Crippen molar-refractivity contribution in [2.45, 2.75) is 32.3 Å². The van der Waals surface area contributed by atoms with Crippen LogP contribution in [0.2, 0.25) is 0 Å². The second kappa shape index (κ2) is 7.49. The Hall–Kier alpha value is -2.09. The minimum atomic E-state index is -0.135. The minimum Gasteiger partial charge on any atom is -0.461 e. The summed E-state index contributed by atoms with van der Waals surface area (Å²) in [6.07, 6.45) is 1.37. The Balaban J connectivity index is 1.87. The van der Waals surface area contributed by atoms with Crippen LogP contribution in [0.1, 0.15) is 36.8 Å². The molecule has 0 heterocycles. The zero-order chi connectivity index (χ0) is 14.2. The molecule has 2 nitrogen and oxygen atoms in total. The van der Waals surface area contributed by atoms with E-state index in [9.17, 15) is 4.79 Å². The predicted octanol–water partition coefficient (Wildman–Crippen LogP) is 4.31. The van der Waals surface area contributed by atoms with Gasteiger partial charge >= 0.3 is 5.97 Å². The van der Waals surface area contributed by atoms with Gasteiger partial charge in [0, 0.05) is 0 Å². The van der Waals surface area contributed by atoms with Crippen LogP contribution in [-0.2, 0) is 16.1 Å². The first-order chi connectivity index (χ1) is 9.79. The van der Waals surface area contributed by atoms with Crippen molar-refractivity contribution in [3.8, 4) is 0 Å². The summed E-state index contributed by atoms with van der Waals surface area (Å²) in [6, 6.07) is 19.9. The fraction of sp³-hybridized carbons (Fsp3) is 0.278. The van der Waals surface area contributed by atoms with Gasteiger partial charge in [0.05, 0.1) is 6.42 Å². The third-order valence-corrected chi connectivity index (χ3v) is 3.42. The molecule has 104 valence electrons. The lowest BCUT2D eigenvalue weighted by Gasteiger charge is -2.14. The van der Waals surface area contributed by atoms with Crippen LogP contribution in [0.15, 0.2) is 60.7 Å². The Kier molecular flexibility index (Phi) is 5.36. The van der Waals surface area contributed by atoms with Gasteiger partial charge < -0.3 is 4.74 Å². The number of benzene rings is 2. The van der Waals surface area contributed by atoms with E-state index < -0.39 is 0 Å². The number of hydrogen-bond acceptors (Lipinski definition) is 2. The predicted molar refractivity (Wildman–Crippen MR) is 80.3 cm³/mol. The Morgan fingerprint density at radius 3 is 2.20 bits per heavy atom. The third-order valence-electron chi connectivity index (χ3n) is 3.42. The number of carbonyl (C=O) groups excluding carboxylic acids is 1. The molecule has 0 saturated heterocycles. The second-order valence-corrected chi connectivity index (χ2v) is 4.87. The number of hydrogen-bond donors (Lipinski definition) is 0. The molecule has 2 rings (SSSR count). The molecule has 0 fully saturated rings. The SMILES string of the molecule is CC[C@@H](CC(=O)OCc1ccccc1)c1ccccc1. The van der Waals surface area contributed by atoms with Gasteiger partial charge in [-0.05, 0) is 23.5 Å². The zero-order valence-corrected chi connectivity index (χ0v) is 11.8. The van der Waals surface area contributed by atoms with E-state index in [1.807, 2.05) is 48.5 Å². The minimum absolute atomic E-state index is 0.135. The Labute approximate surface area is 120 Å². The summed E-state index contributed by atoms with van der Waals surface area (Å²) >= 11 is 0. The lowest BCUT2D eigenvalue weighted by Crippen LogP contribution is -2.10. The molecule has 0 amide bonds. The molecule has 0 aliphatic carbocycles. The van der Waals surface area contributed by atoms with E-state index in [0.717, 1.165) is 12.0 Å². The highest BCUT2D eigenvalue weighted by atomic mass is 16.5. The van der Waals surface area contributed by atoms with Crippen LogP contribution in [0.25, 0.3) is 0 Å². The van der Waals surface area contributed by atoms with Gasteiger partial charge in [-0.25, -0.2) is 0 Å². The largest absolute Gasteiger partial charge is 0.461 e. The van der Waals surface area contributed by atoms with Crippen molar-refractivity contribution in [2.24, 2.45) is 0 Å². The molecule has 0 aliphatic rings. The van der Waals surface area contributed by atoms with E-state index in [1.54, 1.807) is 0 Å². The second-order valence-electron chi connectivity index (χ2n) is 4.87. The monoisotopic (exact) mass is 268 g/mol. The summed E-state index contributed by atoms with van der Waals surface area (Å²) in [7, 11) is 0. The molecule has 1 atom stereocenters. The molecular formula is C18H20O2. The fourth-order valence-electron chi connectivity index (χ4n) is 2.22. The first kappa shape index (κ1) is 14.3. The van der Waals surface area contributed by atoms with Crippen molar-refractivity contribution in [1.29, 1.82) is 0 Å². The van der Waals surface area contributed by atoms with Gasteiger partial charge in [-0.15, -0.1) is 0 Å². The molecule has 0 radical (unpaired) electrons. The van der Waals surface area contributed by atoms with Crippen LogP contribution >= 0.6 is 0 Å². The van der Waals surface area contributed by atoms with Gasteiger partial charge in [-0.1, -0.05) is 67.6 Å². The van der Waals surface area contributed by atoms with Crippen molar-refractivity contribution in [3.63, 3.8) is 0 Å². The molecule has 0 bridgehead atoms. The third kappa shape index (κ3) is 4.23. The van der Waals surface area contributed by atoms with Gasteiger partial charge in [0.1, 0.15) is 6.61 Å². The van der Waals surface area contributed by atoms with Crippen molar-refractivity contribution >= 4 is 5.97 Å². The highest BCUT2D eigenvalue weighted by molar-refractivity contribution is 5.70. The lowest BCUT2D eigenvalue weighted by molar-refractivity contribution is -0.145. The maximum absolute atomic E-state index is 11.9. The van der Waals surface area contributed by atoms with E-state index in [0.29, 0.717) is 13.0 Å². The average molecular weight is 268 g/mol. The summed E-state index contributed by atoms with van der Waals surface area (Å²) in [5.41, 5.74) is 2.22. The number of rotatable bonds is 6. The molecule has 0 aromatic heterocycles. The summed E-state index contributed by atoms with van der Waals surface area (Å²) < 4.78 is 5.34. The molecule has 2 aromatic carbocycles. The first-order valence-electron chi connectivity index (χ1n) is 7.04. The van der Waals surface area contributed by atoms with Crippen LogP contribution < -0.4 is 0 Å². The summed E-state index contributed by atoms with van der Waals surface area (Å²) in [5, 5.41) is 0. The summed E-state index contributed by atoms with van der Waals surface area (Å²) in [5.74, 6) is 0.101. The highest BCUT2D eigenvalue weighted by Crippen LogP contribution is 2.23. The standard InChI is InChI=1S/C18H20O2/c1-2-16(17-11-7-4-8-12-17)13-18(19)20-14-15-9-5-3-6-10-15/h3-12,16H,2,13-14H2,1H3/t16-/m0/s1.